The van der Waals surface area contributed by atoms with Crippen molar-refractivity contribution in [1.29, 1.82) is 0 Å². The van der Waals surface area contributed by atoms with E-state index < -0.39 is 5.97 Å². The second kappa shape index (κ2) is 5.01. The third kappa shape index (κ3) is 2.57. The molecule has 1 heterocycles. The second-order valence-electron chi connectivity index (χ2n) is 3.32. The molecule has 0 aliphatic heterocycles. The van der Waals surface area contributed by atoms with E-state index in [4.69, 9.17) is 30.6 Å². The highest BCUT2D eigenvalue weighted by molar-refractivity contribution is 6.30. The number of carbonyl (C=O) groups is 1. The molecule has 2 aromatic rings. The number of halogens is 1. The molecule has 1 aromatic carbocycles. The van der Waals surface area contributed by atoms with Gasteiger partial charge in [-0.3, -0.25) is 0 Å². The predicted octanol–water partition coefficient (Wildman–Crippen LogP) is 3.43. The van der Waals surface area contributed by atoms with Crippen LogP contribution in [0.15, 0.2) is 34.7 Å². The van der Waals surface area contributed by atoms with Gasteiger partial charge in [0.05, 0.1) is 7.11 Å². The van der Waals surface area contributed by atoms with E-state index >= 15 is 0 Å². The van der Waals surface area contributed by atoms with Crippen molar-refractivity contribution in [1.82, 2.24) is 0 Å². The number of hydrogen-bond donors (Lipinski definition) is 1. The minimum atomic E-state index is -1.16. The van der Waals surface area contributed by atoms with Crippen LogP contribution in [0.3, 0.4) is 0 Å². The van der Waals surface area contributed by atoms with Crippen LogP contribution in [0.5, 0.6) is 17.4 Å². The van der Waals surface area contributed by atoms with E-state index in [1.54, 1.807) is 18.2 Å². The summed E-state index contributed by atoms with van der Waals surface area (Å²) in [5, 5.41) is 9.21. The first-order valence-electron chi connectivity index (χ1n) is 4.94. The normalized spacial score (nSPS) is 10.1. The summed E-state index contributed by atoms with van der Waals surface area (Å²) in [6, 6.07) is 7.53. The van der Waals surface area contributed by atoms with E-state index in [-0.39, 0.29) is 11.7 Å². The standard InChI is InChI=1S/C12H9ClO5/c1-16-10-6-7(13)2-3-8(10)17-11-5-4-9(18-11)12(14)15/h2-6H,1H3,(H,14,15). The van der Waals surface area contributed by atoms with Gasteiger partial charge in [-0.15, -0.1) is 0 Å². The molecule has 0 amide bonds. The van der Waals surface area contributed by atoms with E-state index in [0.29, 0.717) is 16.5 Å². The van der Waals surface area contributed by atoms with Crippen molar-refractivity contribution in [3.05, 3.63) is 41.1 Å². The van der Waals surface area contributed by atoms with E-state index in [9.17, 15) is 4.79 Å². The molecule has 94 valence electrons. The molecule has 0 fully saturated rings. The minimum absolute atomic E-state index is 0.0630. The van der Waals surface area contributed by atoms with Gasteiger partial charge in [-0.05, 0) is 18.2 Å². The highest BCUT2D eigenvalue weighted by Crippen LogP contribution is 2.34. The van der Waals surface area contributed by atoms with Gasteiger partial charge in [-0.2, -0.15) is 0 Å². The SMILES string of the molecule is COc1cc(Cl)ccc1Oc1ccc(C(=O)O)o1. The Morgan fingerprint density at radius 2 is 2.06 bits per heavy atom. The highest BCUT2D eigenvalue weighted by atomic mass is 35.5. The predicted molar refractivity (Wildman–Crippen MR) is 63.7 cm³/mol. The fourth-order valence-electron chi connectivity index (χ4n) is 1.32. The fourth-order valence-corrected chi connectivity index (χ4v) is 1.49. The Balaban J connectivity index is 2.25. The van der Waals surface area contributed by atoms with Crippen LogP contribution in [0.2, 0.25) is 5.02 Å². The largest absolute Gasteiger partial charge is 0.493 e. The number of ether oxygens (including phenoxy) is 2. The van der Waals surface area contributed by atoms with Crippen molar-refractivity contribution in [2.45, 2.75) is 0 Å². The van der Waals surface area contributed by atoms with Gasteiger partial charge in [0.15, 0.2) is 11.5 Å². The maximum absolute atomic E-state index is 10.6. The lowest BCUT2D eigenvalue weighted by molar-refractivity contribution is 0.0657. The Morgan fingerprint density at radius 1 is 1.28 bits per heavy atom. The van der Waals surface area contributed by atoms with Gasteiger partial charge in [0, 0.05) is 17.2 Å². The molecule has 1 N–H and O–H groups in total. The molecule has 0 bridgehead atoms. The van der Waals surface area contributed by atoms with Crippen LogP contribution in [0.4, 0.5) is 0 Å². The second-order valence-corrected chi connectivity index (χ2v) is 3.76. The quantitative estimate of drug-likeness (QED) is 0.920. The molecule has 0 aliphatic carbocycles. The molecule has 0 spiro atoms. The molecular weight excluding hydrogens is 260 g/mol. The number of benzene rings is 1. The van der Waals surface area contributed by atoms with Crippen molar-refractivity contribution < 1.29 is 23.8 Å². The number of methoxy groups -OCH3 is 1. The zero-order valence-electron chi connectivity index (χ0n) is 9.34. The van der Waals surface area contributed by atoms with Gasteiger partial charge < -0.3 is 19.0 Å². The van der Waals surface area contributed by atoms with Crippen LogP contribution >= 0.6 is 11.6 Å². The zero-order chi connectivity index (χ0) is 13.1. The maximum atomic E-state index is 10.6. The molecule has 5 nitrogen and oxygen atoms in total. The molecular formula is C12H9ClO5. The number of carboxylic acid groups (broad SMARTS) is 1. The number of hydrogen-bond acceptors (Lipinski definition) is 4. The molecule has 0 unspecified atom stereocenters. The Bertz CT molecular complexity index is 576. The van der Waals surface area contributed by atoms with Crippen molar-refractivity contribution in [3.8, 4) is 17.4 Å². The number of aromatic carboxylic acids is 1. The topological polar surface area (TPSA) is 68.9 Å². The molecule has 6 heteroatoms. The molecule has 0 radical (unpaired) electrons. The minimum Gasteiger partial charge on any atom is -0.493 e. The molecule has 1 aromatic heterocycles. The average Bonchev–Trinajstić information content (AvgIpc) is 2.80. The first kappa shape index (κ1) is 12.3. The van der Waals surface area contributed by atoms with Gasteiger partial charge in [-0.25, -0.2) is 4.79 Å². The Hall–Kier alpha value is -2.14. The molecule has 0 saturated carbocycles. The molecule has 0 aliphatic rings. The zero-order valence-corrected chi connectivity index (χ0v) is 10.1. The van der Waals surface area contributed by atoms with Crippen LogP contribution in [-0.4, -0.2) is 18.2 Å². The molecule has 0 atom stereocenters. The Kier molecular flexibility index (Phi) is 3.43. The smallest absolute Gasteiger partial charge is 0.371 e. The Labute approximate surface area is 107 Å². The van der Waals surface area contributed by atoms with Gasteiger partial charge >= 0.3 is 5.97 Å². The average molecular weight is 269 g/mol. The monoisotopic (exact) mass is 268 g/mol. The summed E-state index contributed by atoms with van der Waals surface area (Å²) in [4.78, 5) is 10.6. The molecule has 2 rings (SSSR count). The van der Waals surface area contributed by atoms with Gasteiger partial charge in [0.2, 0.25) is 5.76 Å². The summed E-state index contributed by atoms with van der Waals surface area (Å²) in [7, 11) is 1.48. The summed E-state index contributed by atoms with van der Waals surface area (Å²) in [5.41, 5.74) is 0. The van der Waals surface area contributed by atoms with Gasteiger partial charge in [-0.1, -0.05) is 11.6 Å². The van der Waals surface area contributed by atoms with Crippen molar-refractivity contribution in [2.75, 3.05) is 7.11 Å². The fraction of sp³-hybridized carbons (Fsp3) is 0.0833. The highest BCUT2D eigenvalue weighted by Gasteiger charge is 2.12. The third-order valence-electron chi connectivity index (χ3n) is 2.13. The summed E-state index contributed by atoms with van der Waals surface area (Å²) >= 11 is 5.81. The van der Waals surface area contributed by atoms with Crippen molar-refractivity contribution in [2.24, 2.45) is 0 Å². The molecule has 0 saturated heterocycles. The molecule has 18 heavy (non-hydrogen) atoms. The summed E-state index contributed by atoms with van der Waals surface area (Å²) in [5.74, 6) is -0.483. The summed E-state index contributed by atoms with van der Waals surface area (Å²) < 4.78 is 15.4. The van der Waals surface area contributed by atoms with E-state index in [1.165, 1.54) is 19.2 Å². The van der Waals surface area contributed by atoms with Crippen LogP contribution in [0.1, 0.15) is 10.6 Å². The van der Waals surface area contributed by atoms with Crippen LogP contribution < -0.4 is 9.47 Å². The third-order valence-corrected chi connectivity index (χ3v) is 2.36. The van der Waals surface area contributed by atoms with E-state index in [2.05, 4.69) is 0 Å². The lowest BCUT2D eigenvalue weighted by Crippen LogP contribution is -1.92. The van der Waals surface area contributed by atoms with E-state index in [0.717, 1.165) is 0 Å². The van der Waals surface area contributed by atoms with Crippen LogP contribution in [0, 0.1) is 0 Å². The number of furan rings is 1. The van der Waals surface area contributed by atoms with Gasteiger partial charge in [0.1, 0.15) is 0 Å². The summed E-state index contributed by atoms with van der Waals surface area (Å²) in [6.45, 7) is 0. The summed E-state index contributed by atoms with van der Waals surface area (Å²) in [6.07, 6.45) is 0. The van der Waals surface area contributed by atoms with Crippen molar-refractivity contribution in [3.63, 3.8) is 0 Å². The lowest BCUT2D eigenvalue weighted by atomic mass is 10.3. The first-order chi connectivity index (χ1) is 8.60. The maximum Gasteiger partial charge on any atom is 0.371 e. The lowest BCUT2D eigenvalue weighted by Gasteiger charge is -2.07. The van der Waals surface area contributed by atoms with Crippen molar-refractivity contribution >= 4 is 17.6 Å². The van der Waals surface area contributed by atoms with Gasteiger partial charge in [0.25, 0.3) is 5.95 Å². The Morgan fingerprint density at radius 3 is 2.67 bits per heavy atom. The van der Waals surface area contributed by atoms with Crippen LogP contribution in [-0.2, 0) is 0 Å². The number of rotatable bonds is 4. The first-order valence-corrected chi connectivity index (χ1v) is 5.32. The van der Waals surface area contributed by atoms with E-state index in [1.807, 2.05) is 0 Å². The van der Waals surface area contributed by atoms with Crippen LogP contribution in [0.25, 0.3) is 0 Å². The number of carboxylic acids is 1.